The lowest BCUT2D eigenvalue weighted by atomic mass is 9.98. The van der Waals surface area contributed by atoms with Crippen LogP contribution in [-0.2, 0) is 16.0 Å². The van der Waals surface area contributed by atoms with Gasteiger partial charge in [-0.2, -0.15) is 4.39 Å². The van der Waals surface area contributed by atoms with E-state index in [1.807, 2.05) is 50.2 Å². The van der Waals surface area contributed by atoms with Crippen LogP contribution >= 0.6 is 0 Å². The number of aryl methyl sites for hydroxylation is 1. The van der Waals surface area contributed by atoms with Gasteiger partial charge in [-0.1, -0.05) is 62.0 Å². The van der Waals surface area contributed by atoms with Crippen LogP contribution in [0.2, 0.25) is 0 Å². The van der Waals surface area contributed by atoms with Gasteiger partial charge in [0.1, 0.15) is 5.76 Å². The molecule has 0 fully saturated rings. The zero-order chi connectivity index (χ0) is 20.0. The molecular formula is C23H25FO3. The number of benzene rings is 2. The fraction of sp³-hybridized carbons (Fsp3) is 0.261. The topological polar surface area (TPSA) is 46.5 Å². The van der Waals surface area contributed by atoms with E-state index in [0.29, 0.717) is 12.0 Å². The Labute approximate surface area is 159 Å². The Bertz CT molecular complexity index is 837. The van der Waals surface area contributed by atoms with E-state index >= 15 is 0 Å². The molecule has 3 nitrogen and oxygen atoms in total. The quantitative estimate of drug-likeness (QED) is 0.469. The molecule has 0 spiro atoms. The molecule has 0 radical (unpaired) electrons. The number of aliphatic carboxylic acids is 1. The van der Waals surface area contributed by atoms with Crippen LogP contribution in [0.5, 0.6) is 0 Å². The van der Waals surface area contributed by atoms with Crippen molar-refractivity contribution in [1.82, 2.24) is 0 Å². The summed E-state index contributed by atoms with van der Waals surface area (Å²) < 4.78 is 19.7. The van der Waals surface area contributed by atoms with E-state index in [1.54, 1.807) is 25.1 Å². The van der Waals surface area contributed by atoms with Gasteiger partial charge in [-0.25, -0.2) is 0 Å². The first-order chi connectivity index (χ1) is 12.8. The highest BCUT2D eigenvalue weighted by molar-refractivity contribution is 5.70. The molecule has 0 heterocycles. The van der Waals surface area contributed by atoms with Crippen molar-refractivity contribution in [3.63, 3.8) is 0 Å². The lowest BCUT2D eigenvalue weighted by Gasteiger charge is -2.14. The SMILES string of the molecule is C=C(/C=C(\C)c1ccc(CC(C)C(=O)O)cc1)OC(F)c1ccccc1C. The predicted molar refractivity (Wildman–Crippen MR) is 106 cm³/mol. The van der Waals surface area contributed by atoms with E-state index in [4.69, 9.17) is 9.84 Å². The Morgan fingerprint density at radius 1 is 1.22 bits per heavy atom. The number of carboxylic acids is 1. The van der Waals surface area contributed by atoms with Crippen LogP contribution < -0.4 is 0 Å². The van der Waals surface area contributed by atoms with Crippen LogP contribution in [0.25, 0.3) is 5.57 Å². The molecule has 0 bridgehead atoms. The number of alkyl halides is 1. The van der Waals surface area contributed by atoms with Crippen molar-refractivity contribution in [3.8, 4) is 0 Å². The van der Waals surface area contributed by atoms with E-state index < -0.39 is 18.2 Å². The summed E-state index contributed by atoms with van der Waals surface area (Å²) in [4.78, 5) is 10.9. The number of allylic oxidation sites excluding steroid dienone is 2. The van der Waals surface area contributed by atoms with Crippen molar-refractivity contribution >= 4 is 11.5 Å². The van der Waals surface area contributed by atoms with Crippen LogP contribution in [0, 0.1) is 12.8 Å². The highest BCUT2D eigenvalue weighted by atomic mass is 19.1. The van der Waals surface area contributed by atoms with Gasteiger partial charge < -0.3 is 9.84 Å². The average molecular weight is 368 g/mol. The first kappa shape index (κ1) is 20.4. The molecule has 0 amide bonds. The third-order valence-electron chi connectivity index (χ3n) is 4.44. The molecule has 2 atom stereocenters. The van der Waals surface area contributed by atoms with Gasteiger partial charge in [0, 0.05) is 5.56 Å². The standard InChI is InChI=1S/C23H25FO3/c1-15-7-5-6-8-21(15)22(24)27-18(4)13-16(2)20-11-9-19(10-12-20)14-17(3)23(25)26/h5-13,17,22H,4,14H2,1-3H3,(H,25,26)/b16-13+. The second-order valence-electron chi connectivity index (χ2n) is 6.72. The van der Waals surface area contributed by atoms with Crippen molar-refractivity contribution in [1.29, 1.82) is 0 Å². The Balaban J connectivity index is 2.02. The normalized spacial score (nSPS) is 13.7. The minimum absolute atomic E-state index is 0.242. The lowest BCUT2D eigenvalue weighted by Crippen LogP contribution is -2.12. The zero-order valence-electron chi connectivity index (χ0n) is 15.9. The molecule has 0 saturated heterocycles. The Hall–Kier alpha value is -2.88. The number of ether oxygens (including phenoxy) is 1. The summed E-state index contributed by atoms with van der Waals surface area (Å²) in [5.41, 5.74) is 4.10. The minimum atomic E-state index is -1.57. The zero-order valence-corrected chi connectivity index (χ0v) is 15.9. The summed E-state index contributed by atoms with van der Waals surface area (Å²) in [6.45, 7) is 9.20. The van der Waals surface area contributed by atoms with Gasteiger partial charge in [0.05, 0.1) is 5.92 Å². The molecule has 0 aromatic heterocycles. The molecule has 0 saturated carbocycles. The van der Waals surface area contributed by atoms with Crippen LogP contribution in [0.15, 0.2) is 66.9 Å². The maximum atomic E-state index is 14.4. The van der Waals surface area contributed by atoms with Gasteiger partial charge in [0.25, 0.3) is 6.36 Å². The van der Waals surface area contributed by atoms with Crippen molar-refractivity contribution in [2.75, 3.05) is 0 Å². The summed E-state index contributed by atoms with van der Waals surface area (Å²) in [7, 11) is 0. The molecule has 1 N–H and O–H groups in total. The Morgan fingerprint density at radius 2 is 1.85 bits per heavy atom. The van der Waals surface area contributed by atoms with Crippen molar-refractivity contribution in [3.05, 3.63) is 89.2 Å². The highest BCUT2D eigenvalue weighted by Gasteiger charge is 2.14. The average Bonchev–Trinajstić information content (AvgIpc) is 2.62. The van der Waals surface area contributed by atoms with E-state index in [1.165, 1.54) is 0 Å². The Morgan fingerprint density at radius 3 is 2.44 bits per heavy atom. The molecule has 2 aromatic carbocycles. The number of carbonyl (C=O) groups is 1. The van der Waals surface area contributed by atoms with E-state index in [-0.39, 0.29) is 5.76 Å². The maximum absolute atomic E-state index is 14.4. The smallest absolute Gasteiger partial charge is 0.306 e. The van der Waals surface area contributed by atoms with Gasteiger partial charge in [-0.05, 0) is 48.6 Å². The van der Waals surface area contributed by atoms with Crippen molar-refractivity contribution < 1.29 is 19.0 Å². The molecule has 4 heteroatoms. The molecule has 2 rings (SSSR count). The molecule has 27 heavy (non-hydrogen) atoms. The molecule has 0 aliphatic carbocycles. The van der Waals surface area contributed by atoms with Crippen molar-refractivity contribution in [2.24, 2.45) is 5.92 Å². The largest absolute Gasteiger partial charge is 0.481 e. The molecular weight excluding hydrogens is 343 g/mol. The molecule has 0 aliphatic heterocycles. The summed E-state index contributed by atoms with van der Waals surface area (Å²) in [5, 5.41) is 8.99. The fourth-order valence-electron chi connectivity index (χ4n) is 2.74. The predicted octanol–water partition coefficient (Wildman–Crippen LogP) is 5.86. The number of carboxylic acid groups (broad SMARTS) is 1. The van der Waals surface area contributed by atoms with Crippen LogP contribution in [0.3, 0.4) is 0 Å². The van der Waals surface area contributed by atoms with Gasteiger partial charge in [0.2, 0.25) is 0 Å². The maximum Gasteiger partial charge on any atom is 0.306 e. The van der Waals surface area contributed by atoms with E-state index in [2.05, 4.69) is 6.58 Å². The molecule has 0 aliphatic rings. The van der Waals surface area contributed by atoms with Gasteiger partial charge in [-0.15, -0.1) is 0 Å². The number of hydrogen-bond acceptors (Lipinski definition) is 2. The molecule has 142 valence electrons. The fourth-order valence-corrected chi connectivity index (χ4v) is 2.74. The summed E-state index contributed by atoms with van der Waals surface area (Å²) in [6.07, 6.45) is 0.607. The van der Waals surface area contributed by atoms with Gasteiger partial charge in [0.15, 0.2) is 0 Å². The number of rotatable bonds is 8. The summed E-state index contributed by atoms with van der Waals surface area (Å²) in [6, 6.07) is 14.8. The summed E-state index contributed by atoms with van der Waals surface area (Å²) >= 11 is 0. The van der Waals surface area contributed by atoms with Gasteiger partial charge >= 0.3 is 5.97 Å². The third kappa shape index (κ3) is 5.81. The van der Waals surface area contributed by atoms with E-state index in [0.717, 1.165) is 22.3 Å². The monoisotopic (exact) mass is 368 g/mol. The molecule has 2 unspecified atom stereocenters. The Kier molecular flexibility index (Phi) is 6.94. The van der Waals surface area contributed by atoms with Gasteiger partial charge in [-0.3, -0.25) is 4.79 Å². The third-order valence-corrected chi connectivity index (χ3v) is 4.44. The minimum Gasteiger partial charge on any atom is -0.481 e. The number of halogens is 1. The second-order valence-corrected chi connectivity index (χ2v) is 6.72. The second kappa shape index (κ2) is 9.17. The first-order valence-electron chi connectivity index (χ1n) is 8.83. The highest BCUT2D eigenvalue weighted by Crippen LogP contribution is 2.26. The van der Waals surface area contributed by atoms with Crippen LogP contribution in [0.4, 0.5) is 4.39 Å². The molecule has 2 aromatic rings. The van der Waals surface area contributed by atoms with E-state index in [9.17, 15) is 9.18 Å². The van der Waals surface area contributed by atoms with Crippen LogP contribution in [0.1, 0.15) is 42.5 Å². The number of hydrogen-bond donors (Lipinski definition) is 1. The summed E-state index contributed by atoms with van der Waals surface area (Å²) in [5.74, 6) is -0.992. The first-order valence-corrected chi connectivity index (χ1v) is 8.83. The van der Waals surface area contributed by atoms with Crippen molar-refractivity contribution in [2.45, 2.75) is 33.5 Å². The lowest BCUT2D eigenvalue weighted by molar-refractivity contribution is -0.141. The van der Waals surface area contributed by atoms with Crippen LogP contribution in [-0.4, -0.2) is 11.1 Å².